The Balaban J connectivity index is 1.95. The average molecular weight is 389 g/mol. The highest BCUT2D eigenvalue weighted by Crippen LogP contribution is 2.40. The zero-order valence-corrected chi connectivity index (χ0v) is 16.0. The molecule has 2 aromatic carbocycles. The zero-order valence-electron chi connectivity index (χ0n) is 15.2. The molecule has 142 valence electrons. The van der Waals surface area contributed by atoms with Gasteiger partial charge in [0.25, 0.3) is 0 Å². The smallest absolute Gasteiger partial charge is 0.222 e. The van der Waals surface area contributed by atoms with Crippen molar-refractivity contribution in [3.63, 3.8) is 0 Å². The van der Waals surface area contributed by atoms with Crippen molar-refractivity contribution in [3.8, 4) is 17.4 Å². The average Bonchev–Trinajstić information content (AvgIpc) is 2.93. The van der Waals surface area contributed by atoms with Gasteiger partial charge in [-0.05, 0) is 47.5 Å². The molecule has 0 bridgehead atoms. The molecule has 0 spiro atoms. The summed E-state index contributed by atoms with van der Waals surface area (Å²) in [4.78, 5) is 11.2. The second-order valence-corrected chi connectivity index (χ2v) is 6.63. The van der Waals surface area contributed by atoms with E-state index in [1.807, 2.05) is 18.2 Å². The van der Waals surface area contributed by atoms with Crippen molar-refractivity contribution < 1.29 is 14.6 Å². The fourth-order valence-electron chi connectivity index (χ4n) is 2.98. The van der Waals surface area contributed by atoms with E-state index in [0.29, 0.717) is 40.6 Å². The number of benzene rings is 2. The molecular weight excluding hydrogens is 368 g/mol. The van der Waals surface area contributed by atoms with E-state index < -0.39 is 0 Å². The van der Waals surface area contributed by atoms with Gasteiger partial charge in [0.05, 0.1) is 25.8 Å². The van der Waals surface area contributed by atoms with Crippen LogP contribution in [-0.4, -0.2) is 23.4 Å². The van der Waals surface area contributed by atoms with E-state index in [-0.39, 0.29) is 11.6 Å². The number of hydrogen-bond donors (Lipinski definition) is 1. The standard InChI is InChI=1S/C20H21ClN2O4/c1-3-4-9-27-17-8-5-13(10-18(17)26-2)12-23-16-7-6-14(21)11-15(16)19(22-25)20(23)24/h5-8,10-11,24H,3-4,9,12H2,1-2H3. The summed E-state index contributed by atoms with van der Waals surface area (Å²) in [5, 5.41) is 14.4. The molecular formula is C20H21ClN2O4. The van der Waals surface area contributed by atoms with Gasteiger partial charge in [-0.1, -0.05) is 31.0 Å². The molecule has 0 saturated carbocycles. The number of methoxy groups -OCH3 is 1. The maximum absolute atomic E-state index is 11.2. The molecule has 0 amide bonds. The third-order valence-electron chi connectivity index (χ3n) is 4.39. The number of nitrogens with zero attached hydrogens (tertiary/aromatic N) is 2. The molecule has 0 aliphatic heterocycles. The van der Waals surface area contributed by atoms with Crippen LogP contribution in [0.3, 0.4) is 0 Å². The van der Waals surface area contributed by atoms with Gasteiger partial charge in [-0.25, -0.2) is 0 Å². The number of rotatable bonds is 8. The first-order valence-corrected chi connectivity index (χ1v) is 9.10. The van der Waals surface area contributed by atoms with Crippen molar-refractivity contribution in [3.05, 3.63) is 51.9 Å². The number of nitroso groups, excluding NO2 is 1. The third kappa shape index (κ3) is 3.85. The topological polar surface area (TPSA) is 73.0 Å². The molecule has 1 N–H and O–H groups in total. The Morgan fingerprint density at radius 2 is 2.00 bits per heavy atom. The van der Waals surface area contributed by atoms with Crippen molar-refractivity contribution in [1.29, 1.82) is 0 Å². The fraction of sp³-hybridized carbons (Fsp3) is 0.300. The summed E-state index contributed by atoms with van der Waals surface area (Å²) in [6.45, 7) is 3.07. The highest BCUT2D eigenvalue weighted by Gasteiger charge is 2.18. The van der Waals surface area contributed by atoms with Gasteiger partial charge in [0, 0.05) is 10.4 Å². The summed E-state index contributed by atoms with van der Waals surface area (Å²) in [5.74, 6) is 1.11. The summed E-state index contributed by atoms with van der Waals surface area (Å²) in [6.07, 6.45) is 2.02. The second kappa shape index (κ2) is 8.31. The van der Waals surface area contributed by atoms with Crippen molar-refractivity contribution in [2.75, 3.05) is 13.7 Å². The van der Waals surface area contributed by atoms with Crippen molar-refractivity contribution in [2.45, 2.75) is 26.3 Å². The number of aromatic nitrogens is 1. The van der Waals surface area contributed by atoms with Gasteiger partial charge in [-0.2, -0.15) is 0 Å². The maximum Gasteiger partial charge on any atom is 0.222 e. The van der Waals surface area contributed by atoms with Crippen LogP contribution in [0.25, 0.3) is 10.9 Å². The van der Waals surface area contributed by atoms with Crippen LogP contribution in [-0.2, 0) is 6.54 Å². The van der Waals surface area contributed by atoms with Crippen LogP contribution in [0.15, 0.2) is 41.6 Å². The first-order valence-electron chi connectivity index (χ1n) is 8.72. The highest BCUT2D eigenvalue weighted by atomic mass is 35.5. The van der Waals surface area contributed by atoms with Crippen LogP contribution in [0.2, 0.25) is 5.02 Å². The van der Waals surface area contributed by atoms with Gasteiger partial charge in [-0.3, -0.25) is 0 Å². The fourth-order valence-corrected chi connectivity index (χ4v) is 3.16. The molecule has 0 fully saturated rings. The van der Waals surface area contributed by atoms with Crippen LogP contribution in [0.5, 0.6) is 17.4 Å². The Kier molecular flexibility index (Phi) is 5.86. The van der Waals surface area contributed by atoms with Crippen LogP contribution < -0.4 is 9.47 Å². The normalized spacial score (nSPS) is 10.9. The summed E-state index contributed by atoms with van der Waals surface area (Å²) in [6, 6.07) is 10.7. The molecule has 1 aromatic heterocycles. The molecule has 0 unspecified atom stereocenters. The molecule has 27 heavy (non-hydrogen) atoms. The van der Waals surface area contributed by atoms with Crippen molar-refractivity contribution >= 4 is 28.2 Å². The number of aromatic hydroxyl groups is 1. The van der Waals surface area contributed by atoms with E-state index in [1.54, 1.807) is 29.9 Å². The minimum Gasteiger partial charge on any atom is -0.493 e. The summed E-state index contributed by atoms with van der Waals surface area (Å²) < 4.78 is 12.8. The van der Waals surface area contributed by atoms with Gasteiger partial charge in [0.15, 0.2) is 17.2 Å². The second-order valence-electron chi connectivity index (χ2n) is 6.20. The first kappa shape index (κ1) is 19.0. The Bertz CT molecular complexity index is 968. The molecule has 0 aliphatic carbocycles. The Morgan fingerprint density at radius 1 is 1.19 bits per heavy atom. The SMILES string of the molecule is CCCCOc1ccc(Cn2c(O)c(N=O)c3cc(Cl)ccc32)cc1OC. The van der Waals surface area contributed by atoms with Gasteiger partial charge >= 0.3 is 0 Å². The van der Waals surface area contributed by atoms with E-state index in [9.17, 15) is 10.0 Å². The minimum atomic E-state index is -0.190. The minimum absolute atomic E-state index is 0.0148. The molecule has 0 saturated heterocycles. The molecule has 0 radical (unpaired) electrons. The lowest BCUT2D eigenvalue weighted by molar-refractivity contribution is 0.288. The largest absolute Gasteiger partial charge is 0.493 e. The lowest BCUT2D eigenvalue weighted by Gasteiger charge is -2.13. The van der Waals surface area contributed by atoms with Crippen molar-refractivity contribution in [2.24, 2.45) is 5.18 Å². The number of hydrogen-bond acceptors (Lipinski definition) is 5. The molecule has 3 rings (SSSR count). The van der Waals surface area contributed by atoms with Crippen LogP contribution >= 0.6 is 11.6 Å². The van der Waals surface area contributed by atoms with Gasteiger partial charge in [0.1, 0.15) is 0 Å². The predicted molar refractivity (Wildman–Crippen MR) is 107 cm³/mol. The molecule has 0 aliphatic rings. The van der Waals surface area contributed by atoms with E-state index in [0.717, 1.165) is 18.4 Å². The maximum atomic E-state index is 11.2. The number of ether oxygens (including phenoxy) is 2. The molecule has 0 atom stereocenters. The Hall–Kier alpha value is -2.73. The van der Waals surface area contributed by atoms with Crippen LogP contribution in [0, 0.1) is 4.91 Å². The van der Waals surface area contributed by atoms with Gasteiger partial charge in [0.2, 0.25) is 5.88 Å². The number of fused-ring (bicyclic) bond motifs is 1. The monoisotopic (exact) mass is 388 g/mol. The van der Waals surface area contributed by atoms with E-state index in [4.69, 9.17) is 21.1 Å². The van der Waals surface area contributed by atoms with E-state index >= 15 is 0 Å². The number of halogens is 1. The third-order valence-corrected chi connectivity index (χ3v) is 4.62. The number of unbranched alkanes of at least 4 members (excludes halogenated alkanes) is 1. The van der Waals surface area contributed by atoms with Crippen LogP contribution in [0.1, 0.15) is 25.3 Å². The molecule has 3 aromatic rings. The molecule has 1 heterocycles. The van der Waals surface area contributed by atoms with Gasteiger partial charge in [-0.15, -0.1) is 4.91 Å². The summed E-state index contributed by atoms with van der Waals surface area (Å²) in [5.41, 5.74) is 1.54. The lowest BCUT2D eigenvalue weighted by Crippen LogP contribution is -2.02. The Labute approximate surface area is 162 Å². The zero-order chi connectivity index (χ0) is 19.4. The van der Waals surface area contributed by atoms with Gasteiger partial charge < -0.3 is 19.1 Å². The van der Waals surface area contributed by atoms with Crippen LogP contribution in [0.4, 0.5) is 5.69 Å². The van der Waals surface area contributed by atoms with E-state index in [1.165, 1.54) is 0 Å². The molecule has 7 heteroatoms. The first-order chi connectivity index (χ1) is 13.1. The predicted octanol–water partition coefficient (Wildman–Crippen LogP) is 5.63. The summed E-state index contributed by atoms with van der Waals surface area (Å²) >= 11 is 6.01. The quantitative estimate of drug-likeness (QED) is 0.400. The summed E-state index contributed by atoms with van der Waals surface area (Å²) in [7, 11) is 1.59. The van der Waals surface area contributed by atoms with Crippen molar-refractivity contribution in [1.82, 2.24) is 4.57 Å². The lowest BCUT2D eigenvalue weighted by atomic mass is 10.2. The molecule has 6 nitrogen and oxygen atoms in total. The van der Waals surface area contributed by atoms with E-state index in [2.05, 4.69) is 12.1 Å². The Morgan fingerprint density at radius 3 is 2.70 bits per heavy atom. The highest BCUT2D eigenvalue weighted by molar-refractivity contribution is 6.31.